The Morgan fingerprint density at radius 1 is 0.973 bits per heavy atom. The number of halogens is 1. The predicted molar refractivity (Wildman–Crippen MR) is 144 cm³/mol. The van der Waals surface area contributed by atoms with Crippen molar-refractivity contribution in [3.63, 3.8) is 0 Å². The number of hydrogen-bond donors (Lipinski definition) is 1. The van der Waals surface area contributed by atoms with Crippen molar-refractivity contribution in [2.45, 2.75) is 31.3 Å². The lowest BCUT2D eigenvalue weighted by atomic mass is 10.1. The summed E-state index contributed by atoms with van der Waals surface area (Å²) >= 11 is 6.34. The van der Waals surface area contributed by atoms with Crippen molar-refractivity contribution in [3.8, 4) is 5.75 Å². The number of benzene rings is 3. The van der Waals surface area contributed by atoms with Crippen molar-refractivity contribution in [1.82, 2.24) is 10.2 Å². The predicted octanol–water partition coefficient (Wildman–Crippen LogP) is 4.10. The molecule has 0 heterocycles. The lowest BCUT2D eigenvalue weighted by Crippen LogP contribution is -2.51. The molecule has 3 aromatic rings. The molecule has 3 rings (SSSR count). The maximum atomic E-state index is 13.7. The summed E-state index contributed by atoms with van der Waals surface area (Å²) in [4.78, 5) is 27.8. The summed E-state index contributed by atoms with van der Waals surface area (Å²) in [5.74, 6) is -0.408. The lowest BCUT2D eigenvalue weighted by molar-refractivity contribution is -0.139. The summed E-state index contributed by atoms with van der Waals surface area (Å²) in [6.07, 6.45) is 0. The molecule has 10 heteroatoms. The molecule has 0 unspecified atom stereocenters. The zero-order valence-electron chi connectivity index (χ0n) is 20.9. The minimum Gasteiger partial charge on any atom is -0.497 e. The monoisotopic (exact) mass is 543 g/mol. The van der Waals surface area contributed by atoms with Gasteiger partial charge in [0.15, 0.2) is 0 Å². The van der Waals surface area contributed by atoms with Crippen LogP contribution in [0.4, 0.5) is 5.69 Å². The van der Waals surface area contributed by atoms with Gasteiger partial charge in [0.25, 0.3) is 10.0 Å². The molecule has 0 spiro atoms. The van der Waals surface area contributed by atoms with E-state index in [2.05, 4.69) is 5.32 Å². The Morgan fingerprint density at radius 2 is 1.59 bits per heavy atom. The van der Waals surface area contributed by atoms with E-state index in [1.54, 1.807) is 80.6 Å². The molecular formula is C27H30ClN3O5S. The molecule has 0 aliphatic heterocycles. The summed E-state index contributed by atoms with van der Waals surface area (Å²) in [5, 5.41) is 3.16. The van der Waals surface area contributed by atoms with Gasteiger partial charge in [-0.3, -0.25) is 13.9 Å². The van der Waals surface area contributed by atoms with Gasteiger partial charge in [-0.05, 0) is 61.9 Å². The lowest BCUT2D eigenvalue weighted by Gasteiger charge is -2.32. The number of nitrogens with zero attached hydrogens (tertiary/aromatic N) is 2. The minimum absolute atomic E-state index is 0.000573. The van der Waals surface area contributed by atoms with Gasteiger partial charge in [-0.25, -0.2) is 8.42 Å². The molecule has 0 aliphatic carbocycles. The molecule has 0 saturated carbocycles. The average molecular weight is 544 g/mol. The van der Waals surface area contributed by atoms with Gasteiger partial charge in [-0.1, -0.05) is 48.0 Å². The Kier molecular flexibility index (Phi) is 9.54. The molecule has 1 N–H and O–H groups in total. The molecular weight excluding hydrogens is 514 g/mol. The third-order valence-corrected chi connectivity index (χ3v) is 7.94. The van der Waals surface area contributed by atoms with Crippen molar-refractivity contribution in [2.24, 2.45) is 0 Å². The Bertz CT molecular complexity index is 1320. The number of likely N-dealkylation sites (N-methyl/N-ethyl adjacent to an activating group) is 1. The number of sulfonamides is 1. The first-order chi connectivity index (χ1) is 17.7. The molecule has 2 amide bonds. The number of ether oxygens (including phenoxy) is 1. The standard InChI is InChI=1S/C27H30ClN3O5S/c1-4-29-27(33)20(2)30(18-21-10-8-9-13-25(21)28)26(32)19-31(22-11-6-5-7-12-22)37(34,35)24-16-14-23(36-3)15-17-24/h5-17,20H,4,18-19H2,1-3H3,(H,29,33)/t20-/m0/s1. The summed E-state index contributed by atoms with van der Waals surface area (Å²) in [7, 11) is -2.65. The number of carbonyl (C=O) groups excluding carboxylic acids is 2. The van der Waals surface area contributed by atoms with E-state index in [0.29, 0.717) is 28.6 Å². The topological polar surface area (TPSA) is 96.0 Å². The molecule has 0 radical (unpaired) electrons. The maximum Gasteiger partial charge on any atom is 0.264 e. The summed E-state index contributed by atoms with van der Waals surface area (Å²) in [6, 6.07) is 20.4. The van der Waals surface area contributed by atoms with Crippen molar-refractivity contribution in [3.05, 3.63) is 89.4 Å². The molecule has 1 atom stereocenters. The minimum atomic E-state index is -4.14. The number of nitrogens with one attached hydrogen (secondary N) is 1. The van der Waals surface area contributed by atoms with E-state index in [9.17, 15) is 18.0 Å². The van der Waals surface area contributed by atoms with Crippen LogP contribution in [0.5, 0.6) is 5.75 Å². The number of rotatable bonds is 11. The fraction of sp³-hybridized carbons (Fsp3) is 0.259. The van der Waals surface area contributed by atoms with Gasteiger partial charge < -0.3 is 15.0 Å². The second-order valence-corrected chi connectivity index (χ2v) is 10.5. The van der Waals surface area contributed by atoms with Gasteiger partial charge in [0.1, 0.15) is 18.3 Å². The number of hydrogen-bond acceptors (Lipinski definition) is 5. The van der Waals surface area contributed by atoms with Crippen molar-refractivity contribution in [1.29, 1.82) is 0 Å². The quantitative estimate of drug-likeness (QED) is 0.393. The Labute approximate surface area is 222 Å². The van der Waals surface area contributed by atoms with E-state index in [0.717, 1.165) is 4.31 Å². The molecule has 0 aromatic heterocycles. The fourth-order valence-corrected chi connectivity index (χ4v) is 5.32. The highest BCUT2D eigenvalue weighted by Crippen LogP contribution is 2.26. The summed E-state index contributed by atoms with van der Waals surface area (Å²) < 4.78 is 33.6. The number of carbonyl (C=O) groups is 2. The van der Waals surface area contributed by atoms with Crippen LogP contribution < -0.4 is 14.4 Å². The van der Waals surface area contributed by atoms with Gasteiger partial charge in [0.2, 0.25) is 11.8 Å². The van der Waals surface area contributed by atoms with E-state index < -0.39 is 28.5 Å². The third kappa shape index (κ3) is 6.81. The summed E-state index contributed by atoms with van der Waals surface area (Å²) in [5.41, 5.74) is 0.952. The highest BCUT2D eigenvalue weighted by Gasteiger charge is 2.32. The van der Waals surface area contributed by atoms with Crippen LogP contribution in [-0.4, -0.2) is 51.4 Å². The molecule has 0 fully saturated rings. The van der Waals surface area contributed by atoms with Gasteiger partial charge in [-0.15, -0.1) is 0 Å². The second kappa shape index (κ2) is 12.6. The first-order valence-corrected chi connectivity index (χ1v) is 13.5. The molecule has 196 valence electrons. The molecule has 0 aliphatic rings. The van der Waals surface area contributed by atoms with Crippen molar-refractivity contribution in [2.75, 3.05) is 24.5 Å². The largest absolute Gasteiger partial charge is 0.497 e. The van der Waals surface area contributed by atoms with Gasteiger partial charge in [0.05, 0.1) is 17.7 Å². The Hall–Kier alpha value is -3.56. The molecule has 0 saturated heterocycles. The van der Waals surface area contributed by atoms with Crippen LogP contribution in [-0.2, 0) is 26.2 Å². The Balaban J connectivity index is 2.01. The number of anilines is 1. The average Bonchev–Trinajstić information content (AvgIpc) is 2.91. The van der Waals surface area contributed by atoms with Gasteiger partial charge in [-0.2, -0.15) is 0 Å². The first kappa shape index (κ1) is 28.0. The SMILES string of the molecule is CCNC(=O)[C@H](C)N(Cc1ccccc1Cl)C(=O)CN(c1ccccc1)S(=O)(=O)c1ccc(OC)cc1. The molecule has 3 aromatic carbocycles. The van der Waals surface area contributed by atoms with E-state index in [4.69, 9.17) is 16.3 Å². The van der Waals surface area contributed by atoms with Crippen LogP contribution >= 0.6 is 11.6 Å². The van der Waals surface area contributed by atoms with E-state index in [1.807, 2.05) is 0 Å². The van der Waals surface area contributed by atoms with E-state index >= 15 is 0 Å². The number of para-hydroxylation sites is 1. The van der Waals surface area contributed by atoms with Crippen LogP contribution in [0.1, 0.15) is 19.4 Å². The zero-order chi connectivity index (χ0) is 27.0. The summed E-state index contributed by atoms with van der Waals surface area (Å²) in [6.45, 7) is 3.28. The first-order valence-electron chi connectivity index (χ1n) is 11.7. The number of methoxy groups -OCH3 is 1. The normalized spacial score (nSPS) is 11.9. The molecule has 37 heavy (non-hydrogen) atoms. The number of amides is 2. The van der Waals surface area contributed by atoms with E-state index in [-0.39, 0.29) is 17.3 Å². The maximum absolute atomic E-state index is 13.7. The van der Waals surface area contributed by atoms with Gasteiger partial charge >= 0.3 is 0 Å². The van der Waals surface area contributed by atoms with Gasteiger partial charge in [0, 0.05) is 18.1 Å². The molecule has 0 bridgehead atoms. The van der Waals surface area contributed by atoms with Crippen LogP contribution in [0, 0.1) is 0 Å². The van der Waals surface area contributed by atoms with E-state index in [1.165, 1.54) is 24.1 Å². The van der Waals surface area contributed by atoms with Crippen LogP contribution in [0.15, 0.2) is 83.8 Å². The molecule has 8 nitrogen and oxygen atoms in total. The third-order valence-electron chi connectivity index (χ3n) is 5.79. The van der Waals surface area contributed by atoms with Crippen molar-refractivity contribution < 1.29 is 22.7 Å². The van der Waals surface area contributed by atoms with Crippen LogP contribution in [0.3, 0.4) is 0 Å². The highest BCUT2D eigenvalue weighted by atomic mass is 35.5. The fourth-order valence-electron chi connectivity index (χ4n) is 3.71. The zero-order valence-corrected chi connectivity index (χ0v) is 22.5. The second-order valence-electron chi connectivity index (χ2n) is 8.21. The Morgan fingerprint density at radius 3 is 2.19 bits per heavy atom. The van der Waals surface area contributed by atoms with Crippen LogP contribution in [0.2, 0.25) is 5.02 Å². The van der Waals surface area contributed by atoms with Crippen molar-refractivity contribution >= 4 is 39.1 Å². The van der Waals surface area contributed by atoms with Crippen LogP contribution in [0.25, 0.3) is 0 Å². The smallest absolute Gasteiger partial charge is 0.264 e. The highest BCUT2D eigenvalue weighted by molar-refractivity contribution is 7.92.